The third kappa shape index (κ3) is 4.53. The lowest BCUT2D eigenvalue weighted by atomic mass is 9.92. The molecule has 3 N–H and O–H groups in total. The summed E-state index contributed by atoms with van der Waals surface area (Å²) in [5.74, 6) is 2.99. The van der Waals surface area contributed by atoms with Crippen molar-refractivity contribution in [2.24, 2.45) is 11.8 Å². The van der Waals surface area contributed by atoms with E-state index >= 15 is 0 Å². The van der Waals surface area contributed by atoms with Crippen molar-refractivity contribution in [1.29, 1.82) is 0 Å². The van der Waals surface area contributed by atoms with Gasteiger partial charge in [0.1, 0.15) is 17.7 Å². The lowest BCUT2D eigenvalue weighted by molar-refractivity contribution is 0.0272. The summed E-state index contributed by atoms with van der Waals surface area (Å²) in [4.78, 5) is 19.6. The fraction of sp³-hybridized carbons (Fsp3) is 0.720. The molecular weight excluding hydrogens is 446 g/mol. The van der Waals surface area contributed by atoms with Crippen LogP contribution in [0.15, 0.2) is 12.3 Å². The Morgan fingerprint density at radius 2 is 1.89 bits per heavy atom. The molecule has 0 aromatic carbocycles. The van der Waals surface area contributed by atoms with Gasteiger partial charge in [-0.25, -0.2) is 9.78 Å². The van der Waals surface area contributed by atoms with Crippen LogP contribution in [0.4, 0.5) is 16.4 Å². The highest BCUT2D eigenvalue weighted by atomic mass is 16.6. The molecule has 5 heterocycles. The average molecular weight is 484 g/mol. The minimum atomic E-state index is -0.158. The molecule has 3 saturated heterocycles. The summed E-state index contributed by atoms with van der Waals surface area (Å²) in [7, 11) is 0. The van der Waals surface area contributed by atoms with Gasteiger partial charge in [-0.1, -0.05) is 13.8 Å². The number of nitrogens with one attached hydrogen (secondary N) is 3. The van der Waals surface area contributed by atoms with E-state index in [4.69, 9.17) is 19.6 Å². The van der Waals surface area contributed by atoms with Crippen molar-refractivity contribution in [1.82, 2.24) is 24.8 Å². The molecule has 1 aliphatic carbocycles. The molecule has 190 valence electrons. The molecule has 4 fully saturated rings. The number of anilines is 2. The first kappa shape index (κ1) is 22.8. The van der Waals surface area contributed by atoms with Gasteiger partial charge in [0.2, 0.25) is 0 Å². The summed E-state index contributed by atoms with van der Waals surface area (Å²) in [6, 6.07) is 2.77. The number of carbonyl (C=O) groups is 1. The maximum Gasteiger partial charge on any atom is 0.410 e. The highest BCUT2D eigenvalue weighted by molar-refractivity contribution is 5.68. The van der Waals surface area contributed by atoms with Gasteiger partial charge in [-0.15, -0.1) is 0 Å². The first-order valence-corrected chi connectivity index (χ1v) is 13.2. The SMILES string of the molecule is CC(C)c1cnn2c(NC3C4CCC3CN(C(=O)OC3CNC3)C4)cc(NC3CCOCC3)nc12. The number of rotatable bonds is 6. The fourth-order valence-corrected chi connectivity index (χ4v) is 5.96. The van der Waals surface area contributed by atoms with Crippen molar-refractivity contribution in [2.75, 3.05) is 50.0 Å². The Hall–Kier alpha value is -2.59. The number of amides is 1. The van der Waals surface area contributed by atoms with Gasteiger partial charge in [-0.3, -0.25) is 0 Å². The fourth-order valence-electron chi connectivity index (χ4n) is 5.96. The Kier molecular flexibility index (Phi) is 6.18. The predicted octanol–water partition coefficient (Wildman–Crippen LogP) is 2.67. The highest BCUT2D eigenvalue weighted by Gasteiger charge is 2.44. The minimum absolute atomic E-state index is 0.0257. The Morgan fingerprint density at radius 1 is 1.14 bits per heavy atom. The summed E-state index contributed by atoms with van der Waals surface area (Å²) in [6.07, 6.45) is 6.03. The molecule has 6 rings (SSSR count). The number of hydrogen-bond acceptors (Lipinski definition) is 8. The van der Waals surface area contributed by atoms with Crippen molar-refractivity contribution in [3.63, 3.8) is 0 Å². The lowest BCUT2D eigenvalue weighted by Crippen LogP contribution is -2.54. The Morgan fingerprint density at radius 3 is 2.54 bits per heavy atom. The van der Waals surface area contributed by atoms with Gasteiger partial charge >= 0.3 is 6.09 Å². The van der Waals surface area contributed by atoms with Gasteiger partial charge < -0.3 is 30.3 Å². The standard InChI is InChI=1S/C25H37N7O3/c1-15(2)20-12-27-32-22(9-21(29-24(20)32)28-18-5-7-34-8-6-18)30-23-16-3-4-17(23)14-31(13-16)25(33)35-19-10-26-11-19/h9,12,15-19,23,26,30H,3-8,10-11,13-14H2,1-2H3,(H,28,29). The molecule has 4 aliphatic rings. The topological polar surface area (TPSA) is 105 Å². The lowest BCUT2D eigenvalue weighted by Gasteiger charge is -2.39. The van der Waals surface area contributed by atoms with Crippen LogP contribution in [0.5, 0.6) is 0 Å². The molecule has 35 heavy (non-hydrogen) atoms. The molecule has 10 heteroatoms. The zero-order valence-electron chi connectivity index (χ0n) is 20.7. The van der Waals surface area contributed by atoms with E-state index in [9.17, 15) is 4.79 Å². The monoisotopic (exact) mass is 483 g/mol. The number of likely N-dealkylation sites (tertiary alicyclic amines) is 1. The molecule has 1 saturated carbocycles. The molecule has 2 aromatic heterocycles. The van der Waals surface area contributed by atoms with Crippen LogP contribution in [0.1, 0.15) is 51.0 Å². The van der Waals surface area contributed by atoms with E-state index in [0.717, 1.165) is 87.9 Å². The van der Waals surface area contributed by atoms with E-state index < -0.39 is 0 Å². The molecule has 3 aliphatic heterocycles. The quantitative estimate of drug-likeness (QED) is 0.576. The minimum Gasteiger partial charge on any atom is -0.443 e. The molecule has 0 radical (unpaired) electrons. The number of carbonyl (C=O) groups excluding carboxylic acids is 1. The maximum atomic E-state index is 12.7. The van der Waals surface area contributed by atoms with Gasteiger partial charge in [-0.2, -0.15) is 9.61 Å². The summed E-state index contributed by atoms with van der Waals surface area (Å²) in [5, 5.41) is 15.4. The molecule has 1 amide bonds. The van der Waals surface area contributed by atoms with E-state index in [1.165, 1.54) is 0 Å². The van der Waals surface area contributed by atoms with Crippen molar-refractivity contribution in [2.45, 2.75) is 63.6 Å². The number of aromatic nitrogens is 3. The van der Waals surface area contributed by atoms with Gasteiger partial charge in [0.25, 0.3) is 0 Å². The van der Waals surface area contributed by atoms with Crippen LogP contribution < -0.4 is 16.0 Å². The zero-order chi connectivity index (χ0) is 23.9. The molecule has 2 atom stereocenters. The van der Waals surface area contributed by atoms with E-state index in [2.05, 4.69) is 35.9 Å². The second kappa shape index (κ2) is 9.46. The van der Waals surface area contributed by atoms with E-state index in [-0.39, 0.29) is 12.2 Å². The molecular formula is C25H37N7O3. The van der Waals surface area contributed by atoms with Crippen molar-refractivity contribution in [3.05, 3.63) is 17.8 Å². The first-order chi connectivity index (χ1) is 17.0. The van der Waals surface area contributed by atoms with Gasteiger partial charge in [0.15, 0.2) is 5.65 Å². The number of piperidine rings is 1. The third-order valence-corrected chi connectivity index (χ3v) is 8.11. The van der Waals surface area contributed by atoms with E-state index in [0.29, 0.717) is 29.8 Å². The molecule has 0 spiro atoms. The van der Waals surface area contributed by atoms with Gasteiger partial charge in [-0.05, 0) is 43.4 Å². The van der Waals surface area contributed by atoms with E-state index in [1.807, 2.05) is 15.6 Å². The maximum absolute atomic E-state index is 12.7. The molecule has 2 unspecified atom stereocenters. The highest BCUT2D eigenvalue weighted by Crippen LogP contribution is 2.39. The summed E-state index contributed by atoms with van der Waals surface area (Å²) >= 11 is 0. The predicted molar refractivity (Wildman–Crippen MR) is 133 cm³/mol. The molecule has 2 bridgehead atoms. The normalized spacial score (nSPS) is 27.3. The van der Waals surface area contributed by atoms with Crippen LogP contribution in [0.25, 0.3) is 5.65 Å². The van der Waals surface area contributed by atoms with Crippen molar-refractivity contribution in [3.8, 4) is 0 Å². The summed E-state index contributed by atoms with van der Waals surface area (Å²) < 4.78 is 13.1. The van der Waals surface area contributed by atoms with Crippen LogP contribution in [-0.2, 0) is 9.47 Å². The van der Waals surface area contributed by atoms with Crippen molar-refractivity contribution >= 4 is 23.4 Å². The van der Waals surface area contributed by atoms with Crippen LogP contribution in [0.2, 0.25) is 0 Å². The summed E-state index contributed by atoms with van der Waals surface area (Å²) in [6.45, 7) is 8.95. The Labute approximate surface area is 206 Å². The Balaban J connectivity index is 1.22. The third-order valence-electron chi connectivity index (χ3n) is 8.11. The Bertz CT molecular complexity index is 1050. The van der Waals surface area contributed by atoms with Crippen LogP contribution >= 0.6 is 0 Å². The smallest absolute Gasteiger partial charge is 0.410 e. The molecule has 2 aromatic rings. The number of nitrogens with zero attached hydrogens (tertiary/aromatic N) is 4. The van der Waals surface area contributed by atoms with Crippen LogP contribution in [0, 0.1) is 11.8 Å². The first-order valence-electron chi connectivity index (χ1n) is 13.2. The number of fused-ring (bicyclic) bond motifs is 3. The largest absolute Gasteiger partial charge is 0.443 e. The summed E-state index contributed by atoms with van der Waals surface area (Å²) in [5.41, 5.74) is 2.05. The van der Waals surface area contributed by atoms with E-state index in [1.54, 1.807) is 0 Å². The van der Waals surface area contributed by atoms with Gasteiger partial charge in [0, 0.05) is 63.1 Å². The van der Waals surface area contributed by atoms with Crippen molar-refractivity contribution < 1.29 is 14.3 Å². The molecule has 10 nitrogen and oxygen atoms in total. The van der Waals surface area contributed by atoms with Gasteiger partial charge in [0.05, 0.1) is 6.20 Å². The second-order valence-corrected chi connectivity index (χ2v) is 10.9. The number of hydrogen-bond donors (Lipinski definition) is 3. The van der Waals surface area contributed by atoms with Crippen LogP contribution in [-0.4, -0.2) is 83.2 Å². The number of ether oxygens (including phenoxy) is 2. The second-order valence-electron chi connectivity index (χ2n) is 10.9. The zero-order valence-corrected chi connectivity index (χ0v) is 20.7. The average Bonchev–Trinajstić information content (AvgIpc) is 3.34. The van der Waals surface area contributed by atoms with Crippen LogP contribution in [0.3, 0.4) is 0 Å².